The molecule has 1 saturated heterocycles. The summed E-state index contributed by atoms with van der Waals surface area (Å²) in [5.74, 6) is -0.937. The molecule has 1 fully saturated rings. The summed E-state index contributed by atoms with van der Waals surface area (Å²) in [5, 5.41) is 9.61. The number of hydrogen-bond acceptors (Lipinski definition) is 4. The van der Waals surface area contributed by atoms with E-state index in [1.54, 1.807) is 0 Å². The first kappa shape index (κ1) is 19.4. The van der Waals surface area contributed by atoms with Gasteiger partial charge in [-0.05, 0) is 23.3 Å². The lowest BCUT2D eigenvalue weighted by Crippen LogP contribution is -2.57. The Morgan fingerprint density at radius 3 is 2.41 bits per heavy atom. The second-order valence-electron chi connectivity index (χ2n) is 6.44. The Kier molecular flexibility index (Phi) is 6.47. The first-order valence-corrected chi connectivity index (χ1v) is 9.49. The van der Waals surface area contributed by atoms with Crippen molar-refractivity contribution in [2.24, 2.45) is 0 Å². The summed E-state index contributed by atoms with van der Waals surface area (Å²) < 4.78 is 6.31. The number of carbonyl (C=O) groups excluding carboxylic acids is 1. The molecule has 1 atom stereocenters. The van der Waals surface area contributed by atoms with E-state index in [1.807, 2.05) is 59.5 Å². The van der Waals surface area contributed by atoms with Gasteiger partial charge in [-0.2, -0.15) is 0 Å². The Morgan fingerprint density at radius 2 is 1.74 bits per heavy atom. The van der Waals surface area contributed by atoms with E-state index in [0.717, 1.165) is 15.6 Å². The minimum atomic E-state index is -0.937. The Bertz CT molecular complexity index is 782. The summed E-state index contributed by atoms with van der Waals surface area (Å²) in [6, 6.07) is 16.4. The molecule has 1 aliphatic rings. The van der Waals surface area contributed by atoms with Crippen molar-refractivity contribution in [3.05, 3.63) is 70.2 Å². The van der Waals surface area contributed by atoms with Gasteiger partial charge in [-0.15, -0.1) is 0 Å². The van der Waals surface area contributed by atoms with Gasteiger partial charge >= 0.3 is 12.1 Å². The molecule has 142 valence electrons. The predicted octanol–water partition coefficient (Wildman–Crippen LogP) is 3.36. The number of piperazine rings is 1. The Morgan fingerprint density at radius 1 is 1.04 bits per heavy atom. The van der Waals surface area contributed by atoms with Crippen LogP contribution in [0.3, 0.4) is 0 Å². The molecule has 2 aromatic rings. The van der Waals surface area contributed by atoms with Crippen molar-refractivity contribution in [3.8, 4) is 0 Å². The number of benzene rings is 2. The molecular formula is C20H21BrN2O4. The normalized spacial score (nSPS) is 17.5. The van der Waals surface area contributed by atoms with Gasteiger partial charge in [-0.1, -0.05) is 58.4 Å². The highest BCUT2D eigenvalue weighted by Crippen LogP contribution is 2.18. The number of carbonyl (C=O) groups is 2. The lowest BCUT2D eigenvalue weighted by molar-refractivity contribution is -0.145. The van der Waals surface area contributed by atoms with Gasteiger partial charge < -0.3 is 14.7 Å². The van der Waals surface area contributed by atoms with Gasteiger partial charge in [0.2, 0.25) is 0 Å². The summed E-state index contributed by atoms with van der Waals surface area (Å²) in [6.07, 6.45) is -0.478. The van der Waals surface area contributed by atoms with Crippen molar-refractivity contribution >= 4 is 28.0 Å². The molecule has 6 nitrogen and oxygen atoms in total. The van der Waals surface area contributed by atoms with Crippen molar-refractivity contribution in [2.75, 3.05) is 19.6 Å². The Hall–Kier alpha value is -2.38. The average Bonchev–Trinajstić information content (AvgIpc) is 2.69. The molecule has 0 bridgehead atoms. The lowest BCUT2D eigenvalue weighted by Gasteiger charge is -2.38. The molecule has 0 aliphatic carbocycles. The van der Waals surface area contributed by atoms with E-state index < -0.39 is 18.1 Å². The van der Waals surface area contributed by atoms with Crippen molar-refractivity contribution in [3.63, 3.8) is 0 Å². The Labute approximate surface area is 166 Å². The van der Waals surface area contributed by atoms with Gasteiger partial charge in [0.25, 0.3) is 0 Å². The summed E-state index contributed by atoms with van der Waals surface area (Å²) in [4.78, 5) is 27.4. The number of amides is 1. The molecule has 0 saturated carbocycles. The smallest absolute Gasteiger partial charge is 0.410 e. The number of halogens is 1. The van der Waals surface area contributed by atoms with E-state index >= 15 is 0 Å². The molecule has 0 unspecified atom stereocenters. The van der Waals surface area contributed by atoms with Crippen LogP contribution in [-0.2, 0) is 22.7 Å². The number of nitrogens with zero attached hydrogens (tertiary/aromatic N) is 2. The second kappa shape index (κ2) is 9.01. The molecule has 7 heteroatoms. The largest absolute Gasteiger partial charge is 0.480 e. The number of hydrogen-bond donors (Lipinski definition) is 1. The molecule has 0 radical (unpaired) electrons. The second-order valence-corrected chi connectivity index (χ2v) is 7.35. The van der Waals surface area contributed by atoms with Gasteiger partial charge in [-0.3, -0.25) is 9.69 Å². The summed E-state index contributed by atoms with van der Waals surface area (Å²) in [7, 11) is 0. The molecule has 0 spiro atoms. The van der Waals surface area contributed by atoms with Crippen molar-refractivity contribution in [1.29, 1.82) is 0 Å². The minimum absolute atomic E-state index is 0.111. The fourth-order valence-corrected chi connectivity index (χ4v) is 3.31. The number of rotatable bonds is 5. The maximum atomic E-state index is 12.3. The Balaban J connectivity index is 1.58. The zero-order chi connectivity index (χ0) is 19.2. The molecule has 0 aromatic heterocycles. The van der Waals surface area contributed by atoms with Crippen molar-refractivity contribution in [1.82, 2.24) is 9.80 Å². The van der Waals surface area contributed by atoms with Crippen LogP contribution in [0.5, 0.6) is 0 Å². The standard InChI is InChI=1S/C20H21BrN2O4/c21-17-8-6-15(7-9-17)12-22-10-11-23(13-18(22)19(24)25)20(26)27-14-16-4-2-1-3-5-16/h1-9,18H,10-14H2,(H,24,25)/t18-/m0/s1. The molecule has 1 heterocycles. The minimum Gasteiger partial charge on any atom is -0.480 e. The maximum absolute atomic E-state index is 12.3. The van der Waals surface area contributed by atoms with Gasteiger partial charge in [0.1, 0.15) is 12.6 Å². The van der Waals surface area contributed by atoms with Crippen LogP contribution in [0.25, 0.3) is 0 Å². The number of carboxylic acid groups (broad SMARTS) is 1. The van der Waals surface area contributed by atoms with Crippen LogP contribution >= 0.6 is 15.9 Å². The highest BCUT2D eigenvalue weighted by molar-refractivity contribution is 9.10. The van der Waals surface area contributed by atoms with E-state index in [9.17, 15) is 14.7 Å². The molecular weight excluding hydrogens is 412 g/mol. The maximum Gasteiger partial charge on any atom is 0.410 e. The fraction of sp³-hybridized carbons (Fsp3) is 0.300. The van der Waals surface area contributed by atoms with Gasteiger partial charge in [0, 0.05) is 24.1 Å². The van der Waals surface area contributed by atoms with Gasteiger partial charge in [0.05, 0.1) is 6.54 Å². The zero-order valence-electron chi connectivity index (χ0n) is 14.8. The van der Waals surface area contributed by atoms with Crippen LogP contribution in [0.1, 0.15) is 11.1 Å². The van der Waals surface area contributed by atoms with Gasteiger partial charge in [0.15, 0.2) is 0 Å². The fourth-order valence-electron chi connectivity index (χ4n) is 3.04. The highest BCUT2D eigenvalue weighted by Gasteiger charge is 2.34. The number of aliphatic carboxylic acids is 1. The summed E-state index contributed by atoms with van der Waals surface area (Å²) in [5.41, 5.74) is 1.93. The van der Waals surface area contributed by atoms with Gasteiger partial charge in [-0.25, -0.2) is 4.79 Å². The summed E-state index contributed by atoms with van der Waals surface area (Å²) >= 11 is 3.40. The first-order valence-electron chi connectivity index (χ1n) is 8.70. The monoisotopic (exact) mass is 432 g/mol. The van der Waals surface area contributed by atoms with Crippen molar-refractivity contribution < 1.29 is 19.4 Å². The highest BCUT2D eigenvalue weighted by atomic mass is 79.9. The van der Waals surface area contributed by atoms with Crippen LogP contribution < -0.4 is 0 Å². The first-order chi connectivity index (χ1) is 13.0. The molecule has 3 rings (SSSR count). The SMILES string of the molecule is O=C(O)[C@@H]1CN(C(=O)OCc2ccccc2)CCN1Cc1ccc(Br)cc1. The van der Waals surface area contributed by atoms with Crippen LogP contribution in [0.2, 0.25) is 0 Å². The van der Waals surface area contributed by atoms with E-state index in [-0.39, 0.29) is 13.2 Å². The molecule has 1 N–H and O–H groups in total. The molecule has 27 heavy (non-hydrogen) atoms. The third kappa shape index (κ3) is 5.30. The van der Waals surface area contributed by atoms with Crippen LogP contribution in [0.4, 0.5) is 4.79 Å². The predicted molar refractivity (Wildman–Crippen MR) is 104 cm³/mol. The quantitative estimate of drug-likeness (QED) is 0.784. The third-order valence-electron chi connectivity index (χ3n) is 4.54. The van der Waals surface area contributed by atoms with Crippen molar-refractivity contribution in [2.45, 2.75) is 19.2 Å². The van der Waals surface area contributed by atoms with Crippen LogP contribution in [0, 0.1) is 0 Å². The average molecular weight is 433 g/mol. The number of carboxylic acids is 1. The zero-order valence-corrected chi connectivity index (χ0v) is 16.3. The van der Waals surface area contributed by atoms with E-state index in [1.165, 1.54) is 4.90 Å². The lowest BCUT2D eigenvalue weighted by atomic mass is 10.1. The third-order valence-corrected chi connectivity index (χ3v) is 5.07. The molecule has 1 aliphatic heterocycles. The van der Waals surface area contributed by atoms with Crippen LogP contribution in [-0.4, -0.2) is 52.6 Å². The van der Waals surface area contributed by atoms with E-state index in [4.69, 9.17) is 4.74 Å². The van der Waals surface area contributed by atoms with E-state index in [2.05, 4.69) is 15.9 Å². The molecule has 2 aromatic carbocycles. The molecule has 1 amide bonds. The van der Waals surface area contributed by atoms with E-state index in [0.29, 0.717) is 19.6 Å². The number of ether oxygens (including phenoxy) is 1. The summed E-state index contributed by atoms with van der Waals surface area (Å²) in [6.45, 7) is 1.73. The topological polar surface area (TPSA) is 70.1 Å². The van der Waals surface area contributed by atoms with Crippen LogP contribution in [0.15, 0.2) is 59.1 Å².